The molecule has 1 nitrogen and oxygen atoms in total. The highest BCUT2D eigenvalue weighted by Gasteiger charge is 2.21. The fourth-order valence-electron chi connectivity index (χ4n) is 4.55. The number of aromatic nitrogens is 1. The van der Waals surface area contributed by atoms with E-state index in [1.54, 1.807) is 0 Å². The SMILES string of the molecule is c1ccc(-c2ccc3c(c2)-c2ccccc2-c2ccccc2-c2ccccc2-3)nc1. The number of benzene rings is 4. The Morgan fingerprint density at radius 3 is 1.27 bits per heavy atom. The van der Waals surface area contributed by atoms with E-state index in [0.717, 1.165) is 11.3 Å². The van der Waals surface area contributed by atoms with Crippen molar-refractivity contribution >= 4 is 0 Å². The third kappa shape index (κ3) is 2.60. The van der Waals surface area contributed by atoms with Gasteiger partial charge in [0.25, 0.3) is 0 Å². The largest absolute Gasteiger partial charge is 0.256 e. The number of hydrogen-bond donors (Lipinski definition) is 0. The Hall–Kier alpha value is -3.97. The van der Waals surface area contributed by atoms with Gasteiger partial charge < -0.3 is 0 Å². The van der Waals surface area contributed by atoms with Crippen molar-refractivity contribution in [2.45, 2.75) is 0 Å². The minimum atomic E-state index is 0.994. The van der Waals surface area contributed by atoms with Crippen LogP contribution in [0, 0.1) is 0 Å². The van der Waals surface area contributed by atoms with E-state index in [4.69, 9.17) is 0 Å². The molecule has 0 N–H and O–H groups in total. The van der Waals surface area contributed by atoms with Crippen molar-refractivity contribution in [1.29, 1.82) is 0 Å². The van der Waals surface area contributed by atoms with Gasteiger partial charge >= 0.3 is 0 Å². The van der Waals surface area contributed by atoms with Crippen molar-refractivity contribution < 1.29 is 0 Å². The summed E-state index contributed by atoms with van der Waals surface area (Å²) in [6.07, 6.45) is 1.85. The van der Waals surface area contributed by atoms with Crippen LogP contribution in [0.25, 0.3) is 55.8 Å². The molecule has 0 saturated heterocycles. The van der Waals surface area contributed by atoms with Crippen LogP contribution in [0.3, 0.4) is 0 Å². The van der Waals surface area contributed by atoms with Crippen LogP contribution in [0.5, 0.6) is 0 Å². The van der Waals surface area contributed by atoms with E-state index in [2.05, 4.69) is 102 Å². The molecule has 0 aliphatic heterocycles. The number of fused-ring (bicyclic) bond motifs is 8. The summed E-state index contributed by atoms with van der Waals surface area (Å²) in [5.74, 6) is 0. The molecule has 1 heteroatoms. The van der Waals surface area contributed by atoms with Crippen LogP contribution in [0.1, 0.15) is 0 Å². The number of hydrogen-bond acceptors (Lipinski definition) is 1. The highest BCUT2D eigenvalue weighted by atomic mass is 14.7. The zero-order valence-corrected chi connectivity index (χ0v) is 16.4. The van der Waals surface area contributed by atoms with Crippen molar-refractivity contribution in [3.05, 3.63) is 115 Å². The smallest absolute Gasteiger partial charge is 0.0702 e. The first-order valence-electron chi connectivity index (χ1n) is 10.2. The number of nitrogens with zero attached hydrogens (tertiary/aromatic N) is 1. The Bertz CT molecular complexity index is 1380. The Kier molecular flexibility index (Phi) is 3.85. The minimum absolute atomic E-state index is 0.994. The number of rotatable bonds is 1. The molecule has 0 radical (unpaired) electrons. The van der Waals surface area contributed by atoms with Gasteiger partial charge in [0.2, 0.25) is 0 Å². The second kappa shape index (κ2) is 6.82. The van der Waals surface area contributed by atoms with Gasteiger partial charge in [-0.3, -0.25) is 4.98 Å². The van der Waals surface area contributed by atoms with Gasteiger partial charge in [-0.25, -0.2) is 0 Å². The summed E-state index contributed by atoms with van der Waals surface area (Å²) >= 11 is 0. The quantitative estimate of drug-likeness (QED) is 0.284. The first-order chi connectivity index (χ1) is 14.9. The second-order valence-electron chi connectivity index (χ2n) is 7.61. The molecule has 1 aromatic heterocycles. The van der Waals surface area contributed by atoms with E-state index >= 15 is 0 Å². The van der Waals surface area contributed by atoms with E-state index < -0.39 is 0 Å². The molecule has 0 spiro atoms. The summed E-state index contributed by atoms with van der Waals surface area (Å²) in [7, 11) is 0. The lowest BCUT2D eigenvalue weighted by atomic mass is 9.80. The van der Waals surface area contributed by atoms with Gasteiger partial charge in [-0.2, -0.15) is 0 Å². The summed E-state index contributed by atoms with van der Waals surface area (Å²) in [4.78, 5) is 4.58. The van der Waals surface area contributed by atoms with Crippen molar-refractivity contribution in [3.63, 3.8) is 0 Å². The summed E-state index contributed by atoms with van der Waals surface area (Å²) in [6.45, 7) is 0. The average molecular weight is 381 g/mol. The maximum absolute atomic E-state index is 4.58. The normalized spacial score (nSPS) is 11.3. The second-order valence-corrected chi connectivity index (χ2v) is 7.61. The monoisotopic (exact) mass is 381 g/mol. The lowest BCUT2D eigenvalue weighted by molar-refractivity contribution is 1.33. The fourth-order valence-corrected chi connectivity index (χ4v) is 4.55. The van der Waals surface area contributed by atoms with Crippen LogP contribution in [0.4, 0.5) is 0 Å². The van der Waals surface area contributed by atoms with Crippen molar-refractivity contribution in [1.82, 2.24) is 4.98 Å². The molecule has 6 rings (SSSR count). The number of pyridine rings is 1. The molecule has 5 aromatic rings. The van der Waals surface area contributed by atoms with Crippen molar-refractivity contribution in [2.75, 3.05) is 0 Å². The first-order valence-corrected chi connectivity index (χ1v) is 10.2. The molecule has 4 aromatic carbocycles. The highest BCUT2D eigenvalue weighted by molar-refractivity contribution is 6.03. The molecule has 140 valence electrons. The molecule has 0 fully saturated rings. The molecule has 30 heavy (non-hydrogen) atoms. The standard InChI is InChI=1S/C29H19N/c1-2-10-22-21(9-1)23-11-3-4-13-25(23)27-17-16-20(29-15-7-8-18-30-29)19-28(27)26-14-6-5-12-24(22)26/h1-19H. The predicted molar refractivity (Wildman–Crippen MR) is 125 cm³/mol. The maximum Gasteiger partial charge on any atom is 0.0702 e. The van der Waals surface area contributed by atoms with Gasteiger partial charge in [0.1, 0.15) is 0 Å². The average Bonchev–Trinajstić information content (AvgIpc) is 2.83. The molecular formula is C29H19N. The zero-order valence-electron chi connectivity index (χ0n) is 16.4. The van der Waals surface area contributed by atoms with Gasteiger partial charge in [0.15, 0.2) is 0 Å². The topological polar surface area (TPSA) is 12.9 Å². The first kappa shape index (κ1) is 16.9. The van der Waals surface area contributed by atoms with Gasteiger partial charge in [0.05, 0.1) is 5.69 Å². The zero-order chi connectivity index (χ0) is 19.9. The Labute approximate surface area is 176 Å². The van der Waals surface area contributed by atoms with E-state index in [9.17, 15) is 0 Å². The molecule has 1 aliphatic carbocycles. The third-order valence-corrected chi connectivity index (χ3v) is 5.92. The molecular weight excluding hydrogens is 362 g/mol. The van der Waals surface area contributed by atoms with Crippen LogP contribution in [0.15, 0.2) is 115 Å². The van der Waals surface area contributed by atoms with Crippen LogP contribution < -0.4 is 0 Å². The predicted octanol–water partition coefficient (Wildman–Crippen LogP) is 7.73. The minimum Gasteiger partial charge on any atom is -0.256 e. The van der Waals surface area contributed by atoms with Gasteiger partial charge in [0, 0.05) is 11.8 Å². The Morgan fingerprint density at radius 2 is 0.800 bits per heavy atom. The molecule has 0 unspecified atom stereocenters. The lowest BCUT2D eigenvalue weighted by Crippen LogP contribution is -1.97. The van der Waals surface area contributed by atoms with Crippen LogP contribution in [-0.2, 0) is 0 Å². The molecule has 0 atom stereocenters. The van der Waals surface area contributed by atoms with Crippen LogP contribution in [0.2, 0.25) is 0 Å². The highest BCUT2D eigenvalue weighted by Crippen LogP contribution is 2.48. The van der Waals surface area contributed by atoms with Crippen molar-refractivity contribution in [3.8, 4) is 55.8 Å². The maximum atomic E-state index is 4.58. The fraction of sp³-hybridized carbons (Fsp3) is 0. The van der Waals surface area contributed by atoms with E-state index in [1.807, 2.05) is 18.3 Å². The van der Waals surface area contributed by atoms with E-state index in [0.29, 0.717) is 0 Å². The van der Waals surface area contributed by atoms with E-state index in [1.165, 1.54) is 44.5 Å². The van der Waals surface area contributed by atoms with Gasteiger partial charge in [-0.15, -0.1) is 0 Å². The van der Waals surface area contributed by atoms with Gasteiger partial charge in [-0.05, 0) is 62.7 Å². The summed E-state index contributed by atoms with van der Waals surface area (Å²) in [6, 6.07) is 39.0. The molecule has 0 bridgehead atoms. The summed E-state index contributed by atoms with van der Waals surface area (Å²) in [5, 5.41) is 0. The molecule has 0 amide bonds. The molecule has 0 saturated carbocycles. The van der Waals surface area contributed by atoms with Gasteiger partial charge in [-0.1, -0.05) is 91.0 Å². The van der Waals surface area contributed by atoms with Crippen LogP contribution in [-0.4, -0.2) is 4.98 Å². The molecule has 1 aliphatic rings. The lowest BCUT2D eigenvalue weighted by Gasteiger charge is -2.23. The van der Waals surface area contributed by atoms with E-state index in [-0.39, 0.29) is 0 Å². The van der Waals surface area contributed by atoms with Crippen LogP contribution >= 0.6 is 0 Å². The van der Waals surface area contributed by atoms with Crippen molar-refractivity contribution in [2.24, 2.45) is 0 Å². The summed E-state index contributed by atoms with van der Waals surface area (Å²) in [5.41, 5.74) is 12.2. The summed E-state index contributed by atoms with van der Waals surface area (Å²) < 4.78 is 0. The molecule has 1 heterocycles. The Balaban J connectivity index is 1.73. The third-order valence-electron chi connectivity index (χ3n) is 5.92. The Morgan fingerprint density at radius 1 is 0.367 bits per heavy atom.